The molecule has 4 heterocycles. The van der Waals surface area contributed by atoms with Crippen molar-refractivity contribution in [1.82, 2.24) is 29.5 Å². The largest absolute Gasteiger partial charge is 0.378 e. The van der Waals surface area contributed by atoms with E-state index < -0.39 is 0 Å². The predicted octanol–water partition coefficient (Wildman–Crippen LogP) is 2.47. The number of nitrogens with one attached hydrogen (secondary N) is 2. The Morgan fingerprint density at radius 2 is 2.03 bits per heavy atom. The fourth-order valence-corrected chi connectivity index (χ4v) is 3.86. The number of benzene rings is 1. The fraction of sp³-hybridized carbons (Fsp3) is 0.400. The van der Waals surface area contributed by atoms with Crippen LogP contribution in [0, 0.1) is 5.82 Å². The Hall–Kier alpha value is -3.27. The number of aromatic amines is 1. The van der Waals surface area contributed by atoms with Gasteiger partial charge < -0.3 is 19.9 Å². The lowest BCUT2D eigenvalue weighted by Crippen LogP contribution is -2.37. The van der Waals surface area contributed by atoms with Crippen molar-refractivity contribution in [3.63, 3.8) is 0 Å². The summed E-state index contributed by atoms with van der Waals surface area (Å²) >= 11 is 0. The zero-order valence-corrected chi connectivity index (χ0v) is 16.3. The van der Waals surface area contributed by atoms with Crippen molar-refractivity contribution in [3.05, 3.63) is 41.6 Å². The number of halogens is 1. The monoisotopic (exact) mass is 408 g/mol. The van der Waals surface area contributed by atoms with Gasteiger partial charge in [-0.1, -0.05) is 0 Å². The number of ether oxygens (including phenoxy) is 1. The van der Waals surface area contributed by atoms with Gasteiger partial charge in [0.1, 0.15) is 11.6 Å². The van der Waals surface area contributed by atoms with Crippen molar-refractivity contribution in [2.75, 3.05) is 36.5 Å². The van der Waals surface area contributed by atoms with Crippen molar-refractivity contribution >= 4 is 28.6 Å². The molecule has 154 valence electrons. The number of H-pyrrole nitrogens is 1. The Morgan fingerprint density at radius 3 is 2.87 bits per heavy atom. The van der Waals surface area contributed by atoms with E-state index >= 15 is 0 Å². The number of fused-ring (bicyclic) bond motifs is 2. The summed E-state index contributed by atoms with van der Waals surface area (Å²) in [5.74, 6) is 2.23. The van der Waals surface area contributed by atoms with Gasteiger partial charge >= 0.3 is 0 Å². The lowest BCUT2D eigenvalue weighted by molar-refractivity contribution is 0.122. The van der Waals surface area contributed by atoms with Gasteiger partial charge in [0.25, 0.3) is 0 Å². The standard InChI is InChI=1S/C20H21FN8O/c21-13-3-4-15-16(9-13)25-17(24-15)11-22-19-27-20(28-5-7-30-8-6-28)26-18-14(12-1-2-12)10-23-29(18)19/h3-4,9-10,12H,1-2,5-8,11H2,(H,24,25)(H,22,26,27). The van der Waals surface area contributed by atoms with E-state index in [9.17, 15) is 4.39 Å². The molecule has 0 atom stereocenters. The molecule has 9 nitrogen and oxygen atoms in total. The van der Waals surface area contributed by atoms with Crippen molar-refractivity contribution in [2.24, 2.45) is 0 Å². The summed E-state index contributed by atoms with van der Waals surface area (Å²) in [6, 6.07) is 4.53. The van der Waals surface area contributed by atoms with E-state index in [1.165, 1.54) is 30.5 Å². The number of anilines is 2. The second-order valence-electron chi connectivity index (χ2n) is 7.75. The molecule has 2 aliphatic rings. The van der Waals surface area contributed by atoms with Crippen molar-refractivity contribution in [2.45, 2.75) is 25.3 Å². The minimum Gasteiger partial charge on any atom is -0.378 e. The lowest BCUT2D eigenvalue weighted by atomic mass is 10.2. The molecule has 1 aliphatic carbocycles. The molecular formula is C20H21FN8O. The van der Waals surface area contributed by atoms with E-state index in [2.05, 4.69) is 25.3 Å². The Bertz CT molecular complexity index is 1220. The van der Waals surface area contributed by atoms with Crippen LogP contribution in [0.1, 0.15) is 30.1 Å². The average Bonchev–Trinajstić information content (AvgIpc) is 3.39. The summed E-state index contributed by atoms with van der Waals surface area (Å²) in [6.07, 6.45) is 4.26. The normalized spacial score (nSPS) is 17.2. The van der Waals surface area contributed by atoms with Gasteiger partial charge in [-0.25, -0.2) is 9.37 Å². The van der Waals surface area contributed by atoms with Gasteiger partial charge in [-0.2, -0.15) is 19.6 Å². The first-order chi connectivity index (χ1) is 14.7. The first-order valence-electron chi connectivity index (χ1n) is 10.2. The minimum absolute atomic E-state index is 0.301. The summed E-state index contributed by atoms with van der Waals surface area (Å²) in [4.78, 5) is 19.4. The third-order valence-electron chi connectivity index (χ3n) is 5.60. The van der Waals surface area contributed by atoms with Crippen LogP contribution in [-0.4, -0.2) is 55.9 Å². The molecule has 30 heavy (non-hydrogen) atoms. The molecule has 0 bridgehead atoms. The van der Waals surface area contributed by atoms with E-state index in [-0.39, 0.29) is 5.82 Å². The summed E-state index contributed by atoms with van der Waals surface area (Å²) < 4.78 is 20.7. The van der Waals surface area contributed by atoms with Crippen LogP contribution in [0.4, 0.5) is 16.3 Å². The quantitative estimate of drug-likeness (QED) is 0.524. The van der Waals surface area contributed by atoms with E-state index in [0.717, 1.165) is 24.3 Å². The zero-order valence-electron chi connectivity index (χ0n) is 16.3. The predicted molar refractivity (Wildman–Crippen MR) is 109 cm³/mol. The molecule has 1 saturated carbocycles. The molecule has 6 rings (SSSR count). The van der Waals surface area contributed by atoms with Crippen LogP contribution in [0.2, 0.25) is 0 Å². The molecule has 2 N–H and O–H groups in total. The molecule has 0 unspecified atom stereocenters. The van der Waals surface area contributed by atoms with Gasteiger partial charge in [0.05, 0.1) is 37.0 Å². The molecule has 0 spiro atoms. The molecule has 10 heteroatoms. The van der Waals surface area contributed by atoms with Gasteiger partial charge in [0.15, 0.2) is 5.65 Å². The molecule has 0 amide bonds. The van der Waals surface area contributed by atoms with Crippen LogP contribution >= 0.6 is 0 Å². The Morgan fingerprint density at radius 1 is 1.17 bits per heavy atom. The third kappa shape index (κ3) is 3.13. The second kappa shape index (κ2) is 6.91. The highest BCUT2D eigenvalue weighted by Crippen LogP contribution is 2.42. The van der Waals surface area contributed by atoms with E-state index in [1.54, 1.807) is 10.6 Å². The molecule has 1 aromatic carbocycles. The summed E-state index contributed by atoms with van der Waals surface area (Å²) in [5, 5.41) is 7.87. The van der Waals surface area contributed by atoms with Crippen LogP contribution in [0.3, 0.4) is 0 Å². The number of nitrogens with zero attached hydrogens (tertiary/aromatic N) is 6. The van der Waals surface area contributed by atoms with E-state index in [0.29, 0.717) is 48.9 Å². The van der Waals surface area contributed by atoms with Crippen LogP contribution < -0.4 is 10.2 Å². The number of hydrogen-bond acceptors (Lipinski definition) is 7. The maximum absolute atomic E-state index is 13.5. The van der Waals surface area contributed by atoms with Gasteiger partial charge in [0.2, 0.25) is 11.9 Å². The Labute approximate surface area is 171 Å². The van der Waals surface area contributed by atoms with Crippen molar-refractivity contribution in [3.8, 4) is 0 Å². The highest BCUT2D eigenvalue weighted by Gasteiger charge is 2.29. The maximum Gasteiger partial charge on any atom is 0.230 e. The third-order valence-corrected chi connectivity index (χ3v) is 5.60. The molecule has 3 aromatic heterocycles. The first kappa shape index (κ1) is 17.6. The Balaban J connectivity index is 1.35. The van der Waals surface area contributed by atoms with E-state index in [1.807, 2.05) is 6.20 Å². The second-order valence-corrected chi connectivity index (χ2v) is 7.75. The lowest BCUT2D eigenvalue weighted by Gasteiger charge is -2.27. The molecule has 2 fully saturated rings. The summed E-state index contributed by atoms with van der Waals surface area (Å²) in [6.45, 7) is 3.27. The number of hydrogen-bond donors (Lipinski definition) is 2. The number of aromatic nitrogens is 6. The maximum atomic E-state index is 13.5. The topological polar surface area (TPSA) is 96.3 Å². The van der Waals surface area contributed by atoms with Crippen LogP contribution in [0.5, 0.6) is 0 Å². The zero-order chi connectivity index (χ0) is 20.1. The molecule has 1 saturated heterocycles. The molecular weight excluding hydrogens is 387 g/mol. The number of rotatable bonds is 5. The smallest absolute Gasteiger partial charge is 0.230 e. The molecule has 1 aliphatic heterocycles. The average molecular weight is 408 g/mol. The van der Waals surface area contributed by atoms with Crippen molar-refractivity contribution in [1.29, 1.82) is 0 Å². The van der Waals surface area contributed by atoms with Gasteiger partial charge in [-0.05, 0) is 30.9 Å². The van der Waals surface area contributed by atoms with Crippen LogP contribution in [0.15, 0.2) is 24.4 Å². The fourth-order valence-electron chi connectivity index (χ4n) is 3.86. The van der Waals surface area contributed by atoms with Crippen LogP contribution in [-0.2, 0) is 11.3 Å². The van der Waals surface area contributed by atoms with E-state index in [4.69, 9.17) is 14.7 Å². The number of morpholine rings is 1. The minimum atomic E-state index is -0.301. The van der Waals surface area contributed by atoms with Crippen LogP contribution in [0.25, 0.3) is 16.7 Å². The molecule has 4 aromatic rings. The van der Waals surface area contributed by atoms with Gasteiger partial charge in [0, 0.05) is 24.7 Å². The highest BCUT2D eigenvalue weighted by molar-refractivity contribution is 5.75. The Kier molecular flexibility index (Phi) is 4.05. The van der Waals surface area contributed by atoms with Gasteiger partial charge in [-0.15, -0.1) is 0 Å². The summed E-state index contributed by atoms with van der Waals surface area (Å²) in [7, 11) is 0. The summed E-state index contributed by atoms with van der Waals surface area (Å²) in [5.41, 5.74) is 3.42. The SMILES string of the molecule is Fc1ccc2[nH]c(CNc3nc(N4CCOCC4)nc4c(C5CC5)cnn34)nc2c1. The number of imidazole rings is 1. The van der Waals surface area contributed by atoms with Gasteiger partial charge in [-0.3, -0.25) is 0 Å². The molecule has 0 radical (unpaired) electrons. The first-order valence-corrected chi connectivity index (χ1v) is 10.2. The highest BCUT2D eigenvalue weighted by atomic mass is 19.1. The van der Waals surface area contributed by atoms with Crippen molar-refractivity contribution < 1.29 is 9.13 Å².